The maximum atomic E-state index is 6.34. The second kappa shape index (κ2) is 10.5. The number of halogens is 1. The van der Waals surface area contributed by atoms with Crippen molar-refractivity contribution in [1.29, 1.82) is 0 Å². The second-order valence-electron chi connectivity index (χ2n) is 7.65. The van der Waals surface area contributed by atoms with Gasteiger partial charge in [-0.15, -0.1) is 28.5 Å². The molecule has 0 atom stereocenters. The van der Waals surface area contributed by atoms with Gasteiger partial charge in [-0.1, -0.05) is 49.7 Å². The van der Waals surface area contributed by atoms with Crippen LogP contribution in [-0.4, -0.2) is 44.2 Å². The molecule has 0 saturated carbocycles. The third-order valence-corrected chi connectivity index (χ3v) is 6.52. The Bertz CT molecular complexity index is 1140. The Hall–Kier alpha value is -2.41. The van der Waals surface area contributed by atoms with Crippen molar-refractivity contribution in [3.8, 4) is 5.69 Å². The molecule has 7 heteroatoms. The van der Waals surface area contributed by atoms with Crippen LogP contribution in [0, 0.1) is 0 Å². The SMILES string of the molecule is C=CCN(CCC)Cc1nnc2n1-c1cccc(SCC)c1C(c1cccc(Cl)c1)=NC2. The van der Waals surface area contributed by atoms with E-state index in [1.54, 1.807) is 0 Å². The highest BCUT2D eigenvalue weighted by molar-refractivity contribution is 7.99. The summed E-state index contributed by atoms with van der Waals surface area (Å²) in [7, 11) is 0. The first-order chi connectivity index (χ1) is 15.7. The topological polar surface area (TPSA) is 46.3 Å². The van der Waals surface area contributed by atoms with Crippen LogP contribution < -0.4 is 0 Å². The minimum atomic E-state index is 0.467. The van der Waals surface area contributed by atoms with Gasteiger partial charge < -0.3 is 0 Å². The first-order valence-corrected chi connectivity index (χ1v) is 12.4. The van der Waals surface area contributed by atoms with Crippen LogP contribution in [0.25, 0.3) is 5.69 Å². The molecular weight excluding hydrogens is 438 g/mol. The number of nitrogens with zero attached hydrogens (tertiary/aromatic N) is 5. The van der Waals surface area contributed by atoms with Gasteiger partial charge in [0, 0.05) is 27.6 Å². The lowest BCUT2D eigenvalue weighted by Crippen LogP contribution is -2.26. The average molecular weight is 466 g/mol. The number of hydrogen-bond donors (Lipinski definition) is 0. The van der Waals surface area contributed by atoms with Crippen LogP contribution in [0.15, 0.2) is 65.0 Å². The molecule has 0 bridgehead atoms. The highest BCUT2D eigenvalue weighted by Gasteiger charge is 2.26. The molecule has 166 valence electrons. The maximum Gasteiger partial charge on any atom is 0.159 e. The molecule has 2 heterocycles. The lowest BCUT2D eigenvalue weighted by Gasteiger charge is -2.21. The summed E-state index contributed by atoms with van der Waals surface area (Å²) in [4.78, 5) is 8.56. The monoisotopic (exact) mass is 465 g/mol. The van der Waals surface area contributed by atoms with E-state index < -0.39 is 0 Å². The van der Waals surface area contributed by atoms with Crippen molar-refractivity contribution < 1.29 is 0 Å². The first kappa shape index (κ1) is 22.8. The zero-order valence-electron chi connectivity index (χ0n) is 18.6. The van der Waals surface area contributed by atoms with Crippen LogP contribution in [0.5, 0.6) is 0 Å². The lowest BCUT2D eigenvalue weighted by molar-refractivity contribution is 0.286. The summed E-state index contributed by atoms with van der Waals surface area (Å²) in [5, 5.41) is 9.81. The van der Waals surface area contributed by atoms with E-state index in [1.807, 2.05) is 36.0 Å². The number of hydrogen-bond acceptors (Lipinski definition) is 5. The summed E-state index contributed by atoms with van der Waals surface area (Å²) < 4.78 is 2.20. The van der Waals surface area contributed by atoms with Crippen molar-refractivity contribution in [1.82, 2.24) is 19.7 Å². The van der Waals surface area contributed by atoms with Gasteiger partial charge in [0.1, 0.15) is 6.54 Å². The van der Waals surface area contributed by atoms with E-state index in [4.69, 9.17) is 16.6 Å². The van der Waals surface area contributed by atoms with Crippen LogP contribution in [0.1, 0.15) is 43.0 Å². The van der Waals surface area contributed by atoms with Gasteiger partial charge in [-0.3, -0.25) is 14.5 Å². The van der Waals surface area contributed by atoms with Crippen LogP contribution in [0.4, 0.5) is 0 Å². The first-order valence-electron chi connectivity index (χ1n) is 11.0. The minimum Gasteiger partial charge on any atom is -0.292 e. The standard InChI is InChI=1S/C25H28ClN5S/c1-4-13-30(14-5-2)17-23-29-28-22-16-27-25(18-9-7-10-19(26)15-18)24-20(31(22)23)11-8-12-21(24)32-6-3/h4,7-12,15H,1,5-6,13-14,16-17H2,2-3H3. The summed E-state index contributed by atoms with van der Waals surface area (Å²) in [6.07, 6.45) is 3.02. The molecule has 5 nitrogen and oxygen atoms in total. The number of aromatic nitrogens is 3. The predicted octanol–water partition coefficient (Wildman–Crippen LogP) is 5.78. The van der Waals surface area contributed by atoms with Crippen molar-refractivity contribution in [2.24, 2.45) is 4.99 Å². The molecular formula is C25H28ClN5S. The zero-order valence-corrected chi connectivity index (χ0v) is 20.2. The molecule has 1 aliphatic heterocycles. The average Bonchev–Trinajstić information content (AvgIpc) is 3.09. The van der Waals surface area contributed by atoms with E-state index in [1.165, 1.54) is 4.90 Å². The van der Waals surface area contributed by atoms with Crippen molar-refractivity contribution in [2.75, 3.05) is 18.8 Å². The molecule has 2 aromatic carbocycles. The van der Waals surface area contributed by atoms with Gasteiger partial charge in [-0.25, -0.2) is 0 Å². The molecule has 1 aliphatic rings. The Morgan fingerprint density at radius 2 is 2.03 bits per heavy atom. The van der Waals surface area contributed by atoms with Crippen LogP contribution in [0.2, 0.25) is 5.02 Å². The van der Waals surface area contributed by atoms with Gasteiger partial charge in [0.15, 0.2) is 11.6 Å². The zero-order chi connectivity index (χ0) is 22.5. The maximum absolute atomic E-state index is 6.34. The summed E-state index contributed by atoms with van der Waals surface area (Å²) in [6, 6.07) is 14.4. The number of thioether (sulfide) groups is 1. The Morgan fingerprint density at radius 3 is 2.78 bits per heavy atom. The molecule has 3 aromatic rings. The third-order valence-electron chi connectivity index (χ3n) is 5.35. The largest absolute Gasteiger partial charge is 0.292 e. The van der Waals surface area contributed by atoms with Crippen LogP contribution in [-0.2, 0) is 13.1 Å². The van der Waals surface area contributed by atoms with Gasteiger partial charge in [0.25, 0.3) is 0 Å². The van der Waals surface area contributed by atoms with Gasteiger partial charge in [-0.05, 0) is 43.0 Å². The Kier molecular flexibility index (Phi) is 7.45. The fourth-order valence-electron chi connectivity index (χ4n) is 4.09. The van der Waals surface area contributed by atoms with Crippen LogP contribution >= 0.6 is 23.4 Å². The Morgan fingerprint density at radius 1 is 1.19 bits per heavy atom. The summed E-state index contributed by atoms with van der Waals surface area (Å²) in [5.74, 6) is 2.76. The van der Waals surface area contributed by atoms with Gasteiger partial charge in [0.05, 0.1) is 17.9 Å². The van der Waals surface area contributed by atoms with Gasteiger partial charge in [0.2, 0.25) is 0 Å². The Labute approximate surface area is 199 Å². The Balaban J connectivity index is 1.87. The smallest absolute Gasteiger partial charge is 0.159 e. The van der Waals surface area contributed by atoms with Crippen molar-refractivity contribution >= 4 is 29.1 Å². The van der Waals surface area contributed by atoms with Gasteiger partial charge in [-0.2, -0.15) is 0 Å². The molecule has 0 fully saturated rings. The fourth-order valence-corrected chi connectivity index (χ4v) is 5.11. The van der Waals surface area contributed by atoms with Gasteiger partial charge >= 0.3 is 0 Å². The van der Waals surface area contributed by atoms with Crippen molar-refractivity contribution in [3.05, 3.63) is 82.9 Å². The quantitative estimate of drug-likeness (QED) is 0.297. The lowest BCUT2D eigenvalue weighted by atomic mass is 10.0. The molecule has 0 N–H and O–H groups in total. The molecule has 0 spiro atoms. The van der Waals surface area contributed by atoms with Crippen molar-refractivity contribution in [3.63, 3.8) is 0 Å². The van der Waals surface area contributed by atoms with E-state index in [2.05, 4.69) is 64.4 Å². The molecule has 0 radical (unpaired) electrons. The fraction of sp³-hybridized carbons (Fsp3) is 0.320. The third kappa shape index (κ3) is 4.68. The van der Waals surface area contributed by atoms with Crippen LogP contribution in [0.3, 0.4) is 0 Å². The molecule has 4 rings (SSSR count). The second-order valence-corrected chi connectivity index (χ2v) is 9.39. The number of aliphatic imine (C=N–C) groups is 1. The summed E-state index contributed by atoms with van der Waals surface area (Å²) in [6.45, 7) is 11.3. The molecule has 1 aromatic heterocycles. The molecule has 0 unspecified atom stereocenters. The molecule has 0 aliphatic carbocycles. The molecule has 0 amide bonds. The highest BCUT2D eigenvalue weighted by atomic mass is 35.5. The van der Waals surface area contributed by atoms with E-state index >= 15 is 0 Å². The molecule has 32 heavy (non-hydrogen) atoms. The predicted molar refractivity (Wildman–Crippen MR) is 134 cm³/mol. The van der Waals surface area contributed by atoms with E-state index in [9.17, 15) is 0 Å². The van der Waals surface area contributed by atoms with E-state index in [-0.39, 0.29) is 0 Å². The summed E-state index contributed by atoms with van der Waals surface area (Å²) in [5.41, 5.74) is 4.16. The number of benzene rings is 2. The summed E-state index contributed by atoms with van der Waals surface area (Å²) >= 11 is 8.16. The number of rotatable bonds is 9. The normalized spacial score (nSPS) is 12.8. The van der Waals surface area contributed by atoms with E-state index in [0.717, 1.165) is 59.4 Å². The molecule has 0 saturated heterocycles. The highest BCUT2D eigenvalue weighted by Crippen LogP contribution is 2.34. The minimum absolute atomic E-state index is 0.467. The van der Waals surface area contributed by atoms with E-state index in [0.29, 0.717) is 18.1 Å². The number of fused-ring (bicyclic) bond motifs is 3. The van der Waals surface area contributed by atoms with Crippen molar-refractivity contribution in [2.45, 2.75) is 38.3 Å².